The van der Waals surface area contributed by atoms with Gasteiger partial charge < -0.3 is 10.2 Å². The van der Waals surface area contributed by atoms with E-state index < -0.39 is 0 Å². The van der Waals surface area contributed by atoms with E-state index in [2.05, 4.69) is 20.4 Å². The van der Waals surface area contributed by atoms with Gasteiger partial charge >= 0.3 is 0 Å². The highest BCUT2D eigenvalue weighted by molar-refractivity contribution is 5.91. The average Bonchev–Trinajstić information content (AvgIpc) is 2.66. The number of H-pyrrole nitrogens is 1. The van der Waals surface area contributed by atoms with Crippen molar-refractivity contribution in [2.24, 2.45) is 0 Å². The van der Waals surface area contributed by atoms with E-state index in [1.807, 2.05) is 38.4 Å². The van der Waals surface area contributed by atoms with Crippen molar-refractivity contribution in [3.63, 3.8) is 0 Å². The number of benzene rings is 1. The van der Waals surface area contributed by atoms with E-state index in [4.69, 9.17) is 0 Å². The Bertz CT molecular complexity index is 858. The summed E-state index contributed by atoms with van der Waals surface area (Å²) < 4.78 is 0. The van der Waals surface area contributed by atoms with Crippen molar-refractivity contribution in [2.45, 2.75) is 44.9 Å². The van der Waals surface area contributed by atoms with Crippen LogP contribution >= 0.6 is 0 Å². The van der Waals surface area contributed by atoms with E-state index in [1.54, 1.807) is 0 Å². The number of nitrogens with one attached hydrogen (secondary N) is 2. The Labute approximate surface area is 160 Å². The molecule has 27 heavy (non-hydrogen) atoms. The first-order valence-corrected chi connectivity index (χ1v) is 9.70. The van der Waals surface area contributed by atoms with E-state index in [-0.39, 0.29) is 11.5 Å². The summed E-state index contributed by atoms with van der Waals surface area (Å²) in [6.45, 7) is 0.992. The second-order valence-corrected chi connectivity index (χ2v) is 7.45. The Morgan fingerprint density at radius 2 is 1.96 bits per heavy atom. The normalized spacial score (nSPS) is 13.4. The summed E-state index contributed by atoms with van der Waals surface area (Å²) in [5, 5.41) is 9.92. The predicted molar refractivity (Wildman–Crippen MR) is 108 cm³/mol. The van der Waals surface area contributed by atoms with Gasteiger partial charge in [-0.15, -0.1) is 0 Å². The number of amides is 1. The number of aromatic amines is 1. The zero-order valence-corrected chi connectivity index (χ0v) is 16.2. The second-order valence-electron chi connectivity index (χ2n) is 7.45. The minimum atomic E-state index is -0.0735. The molecular weight excluding hydrogens is 340 g/mol. The molecule has 0 fully saturated rings. The van der Waals surface area contributed by atoms with Crippen LogP contribution in [0.25, 0.3) is 11.3 Å². The van der Waals surface area contributed by atoms with E-state index in [0.29, 0.717) is 6.42 Å². The lowest BCUT2D eigenvalue weighted by Crippen LogP contribution is -2.21. The lowest BCUT2D eigenvalue weighted by atomic mass is 9.90. The van der Waals surface area contributed by atoms with Crippen molar-refractivity contribution in [3.8, 4) is 11.3 Å². The molecule has 0 atom stereocenters. The number of anilines is 1. The van der Waals surface area contributed by atoms with Gasteiger partial charge in [0.2, 0.25) is 5.91 Å². The maximum absolute atomic E-state index is 12.2. The topological polar surface area (TPSA) is 78.1 Å². The van der Waals surface area contributed by atoms with Crippen molar-refractivity contribution < 1.29 is 4.79 Å². The summed E-state index contributed by atoms with van der Waals surface area (Å²) in [7, 11) is 4.07. The van der Waals surface area contributed by atoms with Gasteiger partial charge in [-0.05, 0) is 76.9 Å². The monoisotopic (exact) mass is 368 g/mol. The molecule has 1 aromatic heterocycles. The summed E-state index contributed by atoms with van der Waals surface area (Å²) in [5.41, 5.74) is 4.36. The number of aromatic nitrogens is 2. The Morgan fingerprint density at radius 1 is 1.19 bits per heavy atom. The van der Waals surface area contributed by atoms with E-state index in [9.17, 15) is 9.59 Å². The molecule has 1 heterocycles. The predicted octanol–water partition coefficient (Wildman–Crippen LogP) is 2.99. The SMILES string of the molecule is CN(C)CCCCC(=O)Nc1cccc(-c2n[nH]c(=O)c3c2CCCC3)c1. The molecule has 0 radical (unpaired) electrons. The second kappa shape index (κ2) is 8.95. The highest BCUT2D eigenvalue weighted by Crippen LogP contribution is 2.29. The molecule has 3 rings (SSSR count). The molecule has 1 amide bonds. The average molecular weight is 368 g/mol. The Hall–Kier alpha value is -2.47. The number of carbonyl (C=O) groups is 1. The highest BCUT2D eigenvalue weighted by atomic mass is 16.1. The number of nitrogens with zero attached hydrogens (tertiary/aromatic N) is 2. The van der Waals surface area contributed by atoms with Gasteiger partial charge in [0.05, 0.1) is 5.69 Å². The molecule has 0 unspecified atom stereocenters. The summed E-state index contributed by atoms with van der Waals surface area (Å²) in [5.74, 6) is 0.0300. The standard InChI is InChI=1S/C21H28N4O2/c1-25(2)13-6-5-12-19(26)22-16-9-7-8-15(14-16)20-17-10-3-4-11-18(17)21(27)24-23-20/h7-9,14H,3-6,10-13H2,1-2H3,(H,22,26)(H,24,27). The molecule has 1 aromatic carbocycles. The van der Waals surface area contributed by atoms with Crippen LogP contribution in [0.5, 0.6) is 0 Å². The van der Waals surface area contributed by atoms with Crippen LogP contribution < -0.4 is 10.9 Å². The van der Waals surface area contributed by atoms with Gasteiger partial charge in [0.15, 0.2) is 0 Å². The van der Waals surface area contributed by atoms with Gasteiger partial charge in [-0.1, -0.05) is 12.1 Å². The summed E-state index contributed by atoms with van der Waals surface area (Å²) in [6, 6.07) is 7.72. The number of hydrogen-bond acceptors (Lipinski definition) is 4. The molecule has 2 aromatic rings. The van der Waals surface area contributed by atoms with Crippen LogP contribution in [0.3, 0.4) is 0 Å². The fourth-order valence-electron chi connectivity index (χ4n) is 3.58. The first-order chi connectivity index (χ1) is 13.0. The molecule has 6 nitrogen and oxygen atoms in total. The molecule has 1 aliphatic carbocycles. The van der Waals surface area contributed by atoms with Crippen LogP contribution in [0.1, 0.15) is 43.2 Å². The van der Waals surface area contributed by atoms with Gasteiger partial charge in [0.1, 0.15) is 0 Å². The van der Waals surface area contributed by atoms with Crippen LogP contribution in [-0.4, -0.2) is 41.6 Å². The third-order valence-corrected chi connectivity index (χ3v) is 4.98. The van der Waals surface area contributed by atoms with Crippen molar-refractivity contribution >= 4 is 11.6 Å². The first-order valence-electron chi connectivity index (χ1n) is 9.70. The van der Waals surface area contributed by atoms with Crippen LogP contribution in [-0.2, 0) is 17.6 Å². The van der Waals surface area contributed by atoms with Crippen LogP contribution in [0.2, 0.25) is 0 Å². The van der Waals surface area contributed by atoms with Crippen LogP contribution in [0.15, 0.2) is 29.1 Å². The van der Waals surface area contributed by atoms with Crippen molar-refractivity contribution in [2.75, 3.05) is 26.0 Å². The summed E-state index contributed by atoms with van der Waals surface area (Å²) >= 11 is 0. The van der Waals surface area contributed by atoms with Crippen LogP contribution in [0.4, 0.5) is 5.69 Å². The summed E-state index contributed by atoms with van der Waals surface area (Å²) in [6.07, 6.45) is 6.21. The zero-order valence-electron chi connectivity index (χ0n) is 16.2. The summed E-state index contributed by atoms with van der Waals surface area (Å²) in [4.78, 5) is 26.4. The highest BCUT2D eigenvalue weighted by Gasteiger charge is 2.19. The lowest BCUT2D eigenvalue weighted by molar-refractivity contribution is -0.116. The minimum Gasteiger partial charge on any atom is -0.326 e. The molecule has 0 saturated carbocycles. The number of unbranched alkanes of at least 4 members (excludes halogenated alkanes) is 1. The Morgan fingerprint density at radius 3 is 2.74 bits per heavy atom. The third kappa shape index (κ3) is 5.04. The van der Waals surface area contributed by atoms with Crippen LogP contribution in [0, 0.1) is 0 Å². The number of carbonyl (C=O) groups excluding carboxylic acids is 1. The van der Waals surface area contributed by atoms with E-state index in [1.165, 1.54) is 0 Å². The van der Waals surface area contributed by atoms with E-state index >= 15 is 0 Å². The molecule has 2 N–H and O–H groups in total. The fourth-order valence-corrected chi connectivity index (χ4v) is 3.58. The van der Waals surface area contributed by atoms with Gasteiger partial charge in [0.25, 0.3) is 5.56 Å². The van der Waals surface area contributed by atoms with E-state index in [0.717, 1.165) is 73.1 Å². The zero-order chi connectivity index (χ0) is 19.2. The van der Waals surface area contributed by atoms with Gasteiger partial charge in [-0.3, -0.25) is 9.59 Å². The molecule has 0 aliphatic heterocycles. The molecule has 1 aliphatic rings. The largest absolute Gasteiger partial charge is 0.326 e. The molecular formula is C21H28N4O2. The molecule has 144 valence electrons. The molecule has 0 spiro atoms. The molecule has 0 saturated heterocycles. The first kappa shape index (κ1) is 19.3. The molecule has 6 heteroatoms. The number of hydrogen-bond donors (Lipinski definition) is 2. The Kier molecular flexibility index (Phi) is 6.40. The van der Waals surface area contributed by atoms with Crippen molar-refractivity contribution in [1.29, 1.82) is 0 Å². The van der Waals surface area contributed by atoms with Gasteiger partial charge in [0, 0.05) is 23.2 Å². The third-order valence-electron chi connectivity index (χ3n) is 4.98. The smallest absolute Gasteiger partial charge is 0.267 e. The quantitative estimate of drug-likeness (QED) is 0.737. The maximum atomic E-state index is 12.2. The fraction of sp³-hybridized carbons (Fsp3) is 0.476. The maximum Gasteiger partial charge on any atom is 0.267 e. The number of rotatable bonds is 7. The minimum absolute atomic E-state index is 0.0300. The number of fused-ring (bicyclic) bond motifs is 1. The molecule has 0 bridgehead atoms. The van der Waals surface area contributed by atoms with Gasteiger partial charge in [-0.2, -0.15) is 5.10 Å². The van der Waals surface area contributed by atoms with Crippen molar-refractivity contribution in [3.05, 3.63) is 45.7 Å². The van der Waals surface area contributed by atoms with Crippen molar-refractivity contribution in [1.82, 2.24) is 15.1 Å². The van der Waals surface area contributed by atoms with Gasteiger partial charge in [-0.25, -0.2) is 5.10 Å². The lowest BCUT2D eigenvalue weighted by Gasteiger charge is -2.17. The Balaban J connectivity index is 1.71.